The van der Waals surface area contributed by atoms with Crippen LogP contribution in [0.1, 0.15) is 29.7 Å². The van der Waals surface area contributed by atoms with Gasteiger partial charge in [0.05, 0.1) is 31.0 Å². The van der Waals surface area contributed by atoms with Crippen LogP contribution in [0.2, 0.25) is 0 Å². The van der Waals surface area contributed by atoms with Gasteiger partial charge in [-0.2, -0.15) is 0 Å². The van der Waals surface area contributed by atoms with Crippen molar-refractivity contribution >= 4 is 29.0 Å². The lowest BCUT2D eigenvalue weighted by Crippen LogP contribution is -2.45. The van der Waals surface area contributed by atoms with E-state index >= 15 is 0 Å². The molecular formula is C27H25FN2O4S. The van der Waals surface area contributed by atoms with Gasteiger partial charge >= 0.3 is 5.97 Å². The second-order valence-corrected chi connectivity index (χ2v) is 8.14. The summed E-state index contributed by atoms with van der Waals surface area (Å²) in [4.78, 5) is 13.1. The SMILES string of the molecule is CCOC(=O)C1=C(c2ccccc2)NC(=S)N[C@@H]1c1ccc(OCc2ccc(F)cc2)c(OC)c1. The lowest BCUT2D eigenvalue weighted by molar-refractivity contribution is -0.138. The standard InChI is InChI=1S/C27H25FN2O4S/c1-3-33-26(31)23-24(18-7-5-4-6-8-18)29-27(35)30-25(23)19-11-14-21(22(15-19)32-2)34-16-17-9-12-20(28)13-10-17/h4-15,25H,3,16H2,1-2H3,(H2,29,30,35)/t25-/m1/s1. The molecule has 3 aromatic carbocycles. The van der Waals surface area contributed by atoms with Gasteiger partial charge in [-0.3, -0.25) is 0 Å². The molecule has 1 aliphatic heterocycles. The normalized spacial score (nSPS) is 15.2. The second kappa shape index (κ2) is 11.0. The fourth-order valence-electron chi connectivity index (χ4n) is 3.80. The predicted octanol–water partition coefficient (Wildman–Crippen LogP) is 4.91. The van der Waals surface area contributed by atoms with Gasteiger partial charge in [-0.15, -0.1) is 0 Å². The first-order valence-corrected chi connectivity index (χ1v) is 11.5. The van der Waals surface area contributed by atoms with Gasteiger partial charge in [0.1, 0.15) is 12.4 Å². The topological polar surface area (TPSA) is 68.8 Å². The van der Waals surface area contributed by atoms with E-state index in [-0.39, 0.29) is 19.0 Å². The molecule has 8 heteroatoms. The summed E-state index contributed by atoms with van der Waals surface area (Å²) in [5.74, 6) is 0.250. The number of hydrogen-bond donors (Lipinski definition) is 2. The number of carbonyl (C=O) groups is 1. The summed E-state index contributed by atoms with van der Waals surface area (Å²) in [6.07, 6.45) is 0. The highest BCUT2D eigenvalue weighted by Gasteiger charge is 2.33. The van der Waals surface area contributed by atoms with Crippen molar-refractivity contribution in [3.05, 3.63) is 101 Å². The van der Waals surface area contributed by atoms with Crippen LogP contribution in [0.15, 0.2) is 78.4 Å². The highest BCUT2D eigenvalue weighted by atomic mass is 32.1. The lowest BCUT2D eigenvalue weighted by Gasteiger charge is -2.31. The van der Waals surface area contributed by atoms with E-state index in [9.17, 15) is 9.18 Å². The third-order valence-corrected chi connectivity index (χ3v) is 5.68. The maximum atomic E-state index is 13.2. The van der Waals surface area contributed by atoms with Gasteiger partial charge in [0.15, 0.2) is 16.6 Å². The summed E-state index contributed by atoms with van der Waals surface area (Å²) in [7, 11) is 1.54. The molecule has 0 aromatic heterocycles. The summed E-state index contributed by atoms with van der Waals surface area (Å²) in [6.45, 7) is 2.25. The molecule has 6 nitrogen and oxygen atoms in total. The molecule has 0 bridgehead atoms. The predicted molar refractivity (Wildman–Crippen MR) is 135 cm³/mol. The molecule has 1 heterocycles. The van der Waals surface area contributed by atoms with Crippen LogP contribution in [0.25, 0.3) is 5.70 Å². The monoisotopic (exact) mass is 492 g/mol. The zero-order chi connectivity index (χ0) is 24.8. The molecule has 0 unspecified atom stereocenters. The number of thiocarbonyl (C=S) groups is 1. The van der Waals surface area contributed by atoms with E-state index in [1.165, 1.54) is 12.1 Å². The summed E-state index contributed by atoms with van der Waals surface area (Å²) in [6, 6.07) is 20.4. The Morgan fingerprint density at radius 3 is 2.46 bits per heavy atom. The third-order valence-electron chi connectivity index (χ3n) is 5.46. The number of esters is 1. The molecule has 0 amide bonds. The smallest absolute Gasteiger partial charge is 0.338 e. The van der Waals surface area contributed by atoms with Crippen molar-refractivity contribution in [1.29, 1.82) is 0 Å². The van der Waals surface area contributed by atoms with Gasteiger partial charge in [0, 0.05) is 0 Å². The Bertz CT molecular complexity index is 1250. The Balaban J connectivity index is 1.70. The Morgan fingerprint density at radius 1 is 1.03 bits per heavy atom. The number of hydrogen-bond acceptors (Lipinski definition) is 5. The zero-order valence-electron chi connectivity index (χ0n) is 19.3. The average Bonchev–Trinajstić information content (AvgIpc) is 2.88. The van der Waals surface area contributed by atoms with E-state index in [1.807, 2.05) is 36.4 Å². The minimum Gasteiger partial charge on any atom is -0.493 e. The van der Waals surface area contributed by atoms with Crippen LogP contribution in [0.4, 0.5) is 4.39 Å². The second-order valence-electron chi connectivity index (χ2n) is 7.73. The van der Waals surface area contributed by atoms with Gasteiger partial charge in [0.2, 0.25) is 0 Å². The van der Waals surface area contributed by atoms with Crippen molar-refractivity contribution in [2.45, 2.75) is 19.6 Å². The summed E-state index contributed by atoms with van der Waals surface area (Å²) in [5.41, 5.74) is 3.39. The maximum Gasteiger partial charge on any atom is 0.338 e. The van der Waals surface area contributed by atoms with Crippen molar-refractivity contribution in [3.63, 3.8) is 0 Å². The number of nitrogens with one attached hydrogen (secondary N) is 2. The van der Waals surface area contributed by atoms with Crippen LogP contribution in [0.5, 0.6) is 11.5 Å². The summed E-state index contributed by atoms with van der Waals surface area (Å²) in [5, 5.41) is 6.69. The van der Waals surface area contributed by atoms with Gasteiger partial charge in [-0.1, -0.05) is 48.5 Å². The summed E-state index contributed by atoms with van der Waals surface area (Å²) < 4.78 is 30.1. The van der Waals surface area contributed by atoms with E-state index in [0.29, 0.717) is 27.9 Å². The van der Waals surface area contributed by atoms with Crippen LogP contribution in [-0.2, 0) is 16.1 Å². The Kier molecular flexibility index (Phi) is 7.62. The van der Waals surface area contributed by atoms with E-state index in [1.54, 1.807) is 38.3 Å². The molecule has 1 aliphatic rings. The third kappa shape index (κ3) is 5.60. The first-order chi connectivity index (χ1) is 17.0. The van der Waals surface area contributed by atoms with E-state index < -0.39 is 12.0 Å². The fourth-order valence-corrected chi connectivity index (χ4v) is 4.02. The van der Waals surface area contributed by atoms with Crippen LogP contribution >= 0.6 is 12.2 Å². The number of halogens is 1. The number of methoxy groups -OCH3 is 1. The number of carbonyl (C=O) groups excluding carboxylic acids is 1. The lowest BCUT2D eigenvalue weighted by atomic mass is 9.92. The van der Waals surface area contributed by atoms with Crippen molar-refractivity contribution in [3.8, 4) is 11.5 Å². The Morgan fingerprint density at radius 2 is 1.77 bits per heavy atom. The molecule has 0 aliphatic carbocycles. The number of rotatable bonds is 8. The molecule has 2 N–H and O–H groups in total. The van der Waals surface area contributed by atoms with Crippen molar-refractivity contribution in [2.24, 2.45) is 0 Å². The zero-order valence-corrected chi connectivity index (χ0v) is 20.2. The van der Waals surface area contributed by atoms with Crippen LogP contribution in [0, 0.1) is 5.82 Å². The van der Waals surface area contributed by atoms with Crippen molar-refractivity contribution < 1.29 is 23.4 Å². The fraction of sp³-hybridized carbons (Fsp3) is 0.185. The molecule has 35 heavy (non-hydrogen) atoms. The molecule has 180 valence electrons. The van der Waals surface area contributed by atoms with Crippen LogP contribution < -0.4 is 20.1 Å². The first kappa shape index (κ1) is 24.2. The van der Waals surface area contributed by atoms with Gasteiger partial charge < -0.3 is 24.8 Å². The molecule has 0 saturated carbocycles. The number of benzene rings is 3. The molecule has 0 radical (unpaired) electrons. The largest absolute Gasteiger partial charge is 0.493 e. The Hall–Kier alpha value is -3.91. The first-order valence-electron chi connectivity index (χ1n) is 11.1. The number of ether oxygens (including phenoxy) is 3. The molecule has 3 aromatic rings. The molecule has 1 atom stereocenters. The van der Waals surface area contributed by atoms with Gasteiger partial charge in [0.25, 0.3) is 0 Å². The molecule has 0 fully saturated rings. The van der Waals surface area contributed by atoms with Crippen LogP contribution in [0.3, 0.4) is 0 Å². The van der Waals surface area contributed by atoms with Gasteiger partial charge in [-0.05, 0) is 60.1 Å². The molecular weight excluding hydrogens is 467 g/mol. The van der Waals surface area contributed by atoms with E-state index in [2.05, 4.69) is 10.6 Å². The highest BCUT2D eigenvalue weighted by Crippen LogP contribution is 2.36. The minimum atomic E-state index is -0.571. The maximum absolute atomic E-state index is 13.2. The minimum absolute atomic E-state index is 0.237. The quantitative estimate of drug-likeness (QED) is 0.342. The van der Waals surface area contributed by atoms with Gasteiger partial charge in [-0.25, -0.2) is 9.18 Å². The highest BCUT2D eigenvalue weighted by molar-refractivity contribution is 7.80. The average molecular weight is 493 g/mol. The van der Waals surface area contributed by atoms with Crippen molar-refractivity contribution in [2.75, 3.05) is 13.7 Å². The molecule has 0 spiro atoms. The molecule has 4 rings (SSSR count). The Labute approximate surface area is 208 Å². The van der Waals surface area contributed by atoms with Crippen LogP contribution in [-0.4, -0.2) is 24.8 Å². The summed E-state index contributed by atoms with van der Waals surface area (Å²) >= 11 is 5.46. The van der Waals surface area contributed by atoms with Crippen molar-refractivity contribution in [1.82, 2.24) is 10.6 Å². The van der Waals surface area contributed by atoms with E-state index in [0.717, 1.165) is 16.7 Å². The van der Waals surface area contributed by atoms with E-state index in [4.69, 9.17) is 26.4 Å². The molecule has 0 saturated heterocycles.